The van der Waals surface area contributed by atoms with Crippen LogP contribution in [0, 0.1) is 5.41 Å². The van der Waals surface area contributed by atoms with Gasteiger partial charge < -0.3 is 5.32 Å². The molecule has 2 nitrogen and oxygen atoms in total. The Balaban J connectivity index is 2.78. The minimum atomic E-state index is 0.445. The number of nitrogens with one attached hydrogen (secondary N) is 1. The fourth-order valence-electron chi connectivity index (χ4n) is 3.48. The van der Waals surface area contributed by atoms with E-state index in [-0.39, 0.29) is 0 Å². The van der Waals surface area contributed by atoms with Gasteiger partial charge in [0.15, 0.2) is 0 Å². The minimum absolute atomic E-state index is 0.445. The summed E-state index contributed by atoms with van der Waals surface area (Å²) in [6.07, 6.45) is 5.39. The van der Waals surface area contributed by atoms with Gasteiger partial charge in [0.1, 0.15) is 0 Å². The van der Waals surface area contributed by atoms with Gasteiger partial charge in [0, 0.05) is 12.1 Å². The highest BCUT2D eigenvalue weighted by Crippen LogP contribution is 2.37. The molecular weight excluding hydrogens is 208 g/mol. The standard InChI is InChI=1S/C15H32N2/c1-6-12-17(8-3)13-10-9-11-15(4,5)14(13)16-7-2/h13-14,16H,6-12H2,1-5H3. The fourth-order valence-corrected chi connectivity index (χ4v) is 3.48. The molecule has 0 spiro atoms. The summed E-state index contributed by atoms with van der Waals surface area (Å²) in [5.74, 6) is 0. The van der Waals surface area contributed by atoms with E-state index in [1.807, 2.05) is 0 Å². The van der Waals surface area contributed by atoms with Gasteiger partial charge in [0.05, 0.1) is 0 Å². The minimum Gasteiger partial charge on any atom is -0.312 e. The molecule has 102 valence electrons. The van der Waals surface area contributed by atoms with Gasteiger partial charge in [0.2, 0.25) is 0 Å². The fraction of sp³-hybridized carbons (Fsp3) is 1.00. The van der Waals surface area contributed by atoms with Gasteiger partial charge in [-0.2, -0.15) is 0 Å². The molecule has 0 aromatic rings. The van der Waals surface area contributed by atoms with E-state index in [9.17, 15) is 0 Å². The first-order valence-electron chi connectivity index (χ1n) is 7.54. The Morgan fingerprint density at radius 2 is 1.94 bits per heavy atom. The molecule has 1 aliphatic carbocycles. The smallest absolute Gasteiger partial charge is 0.0274 e. The van der Waals surface area contributed by atoms with Crippen LogP contribution in [0.25, 0.3) is 0 Å². The van der Waals surface area contributed by atoms with Gasteiger partial charge >= 0.3 is 0 Å². The predicted octanol–water partition coefficient (Wildman–Crippen LogP) is 3.28. The van der Waals surface area contributed by atoms with Crippen molar-refractivity contribution < 1.29 is 0 Å². The molecule has 1 fully saturated rings. The lowest BCUT2D eigenvalue weighted by atomic mass is 9.70. The van der Waals surface area contributed by atoms with Crippen LogP contribution in [0.2, 0.25) is 0 Å². The number of hydrogen-bond donors (Lipinski definition) is 1. The normalized spacial score (nSPS) is 28.6. The number of nitrogens with zero attached hydrogens (tertiary/aromatic N) is 1. The number of hydrogen-bond acceptors (Lipinski definition) is 2. The van der Waals surface area contributed by atoms with Gasteiger partial charge in [-0.3, -0.25) is 4.90 Å². The van der Waals surface area contributed by atoms with Crippen molar-refractivity contribution in [1.82, 2.24) is 10.2 Å². The Morgan fingerprint density at radius 1 is 1.24 bits per heavy atom. The topological polar surface area (TPSA) is 15.3 Å². The summed E-state index contributed by atoms with van der Waals surface area (Å²) < 4.78 is 0. The molecule has 1 saturated carbocycles. The van der Waals surface area contributed by atoms with E-state index in [0.29, 0.717) is 11.5 Å². The van der Waals surface area contributed by atoms with Crippen molar-refractivity contribution >= 4 is 0 Å². The van der Waals surface area contributed by atoms with Crippen LogP contribution < -0.4 is 5.32 Å². The zero-order valence-electron chi connectivity index (χ0n) is 12.6. The van der Waals surface area contributed by atoms with E-state index in [4.69, 9.17) is 0 Å². The van der Waals surface area contributed by atoms with Crippen molar-refractivity contribution in [3.8, 4) is 0 Å². The highest BCUT2D eigenvalue weighted by molar-refractivity contribution is 4.97. The maximum atomic E-state index is 3.76. The van der Waals surface area contributed by atoms with E-state index in [1.165, 1.54) is 38.8 Å². The Kier molecular flexibility index (Phi) is 5.94. The van der Waals surface area contributed by atoms with Crippen LogP contribution in [0.4, 0.5) is 0 Å². The lowest BCUT2D eigenvalue weighted by molar-refractivity contribution is 0.0519. The lowest BCUT2D eigenvalue weighted by Crippen LogP contribution is -2.58. The zero-order valence-corrected chi connectivity index (χ0v) is 12.6. The van der Waals surface area contributed by atoms with E-state index >= 15 is 0 Å². The third-order valence-electron chi connectivity index (χ3n) is 4.36. The Morgan fingerprint density at radius 3 is 2.47 bits per heavy atom. The average molecular weight is 240 g/mol. The van der Waals surface area contributed by atoms with Crippen molar-refractivity contribution in [2.24, 2.45) is 5.41 Å². The van der Waals surface area contributed by atoms with Crippen LogP contribution in [-0.2, 0) is 0 Å². The second-order valence-electron chi connectivity index (χ2n) is 6.11. The molecule has 2 heteroatoms. The third kappa shape index (κ3) is 3.69. The van der Waals surface area contributed by atoms with E-state index in [2.05, 4.69) is 44.8 Å². The summed E-state index contributed by atoms with van der Waals surface area (Å²) in [5.41, 5.74) is 0.445. The quantitative estimate of drug-likeness (QED) is 0.766. The van der Waals surface area contributed by atoms with Crippen LogP contribution in [-0.4, -0.2) is 36.6 Å². The Bertz CT molecular complexity index is 213. The molecule has 2 atom stereocenters. The van der Waals surface area contributed by atoms with Gasteiger partial charge in [-0.05, 0) is 44.3 Å². The molecule has 1 aliphatic rings. The van der Waals surface area contributed by atoms with Crippen molar-refractivity contribution in [2.45, 2.75) is 72.4 Å². The van der Waals surface area contributed by atoms with E-state index < -0.39 is 0 Å². The van der Waals surface area contributed by atoms with Crippen LogP contribution in [0.15, 0.2) is 0 Å². The summed E-state index contributed by atoms with van der Waals surface area (Å²) in [7, 11) is 0. The van der Waals surface area contributed by atoms with Crippen molar-refractivity contribution in [1.29, 1.82) is 0 Å². The maximum absolute atomic E-state index is 3.76. The summed E-state index contributed by atoms with van der Waals surface area (Å²) >= 11 is 0. The Hall–Kier alpha value is -0.0800. The van der Waals surface area contributed by atoms with Crippen LogP contribution >= 0.6 is 0 Å². The van der Waals surface area contributed by atoms with Gasteiger partial charge in [0.25, 0.3) is 0 Å². The molecule has 0 aromatic heterocycles. The monoisotopic (exact) mass is 240 g/mol. The van der Waals surface area contributed by atoms with E-state index in [0.717, 1.165) is 12.6 Å². The van der Waals surface area contributed by atoms with Crippen LogP contribution in [0.1, 0.15) is 60.3 Å². The highest BCUT2D eigenvalue weighted by atomic mass is 15.2. The van der Waals surface area contributed by atoms with Gasteiger partial charge in [-0.15, -0.1) is 0 Å². The molecule has 0 heterocycles. The number of rotatable bonds is 6. The first kappa shape index (κ1) is 15.0. The summed E-state index contributed by atoms with van der Waals surface area (Å²) in [6.45, 7) is 15.2. The van der Waals surface area contributed by atoms with Gasteiger partial charge in [-0.25, -0.2) is 0 Å². The molecule has 0 amide bonds. The molecule has 1 rings (SSSR count). The van der Waals surface area contributed by atoms with Crippen molar-refractivity contribution in [2.75, 3.05) is 19.6 Å². The third-order valence-corrected chi connectivity index (χ3v) is 4.36. The first-order chi connectivity index (χ1) is 8.06. The van der Waals surface area contributed by atoms with Crippen LogP contribution in [0.3, 0.4) is 0 Å². The van der Waals surface area contributed by atoms with Crippen molar-refractivity contribution in [3.63, 3.8) is 0 Å². The Labute approximate surface area is 108 Å². The molecule has 0 bridgehead atoms. The summed E-state index contributed by atoms with van der Waals surface area (Å²) in [4.78, 5) is 2.69. The molecule has 1 N–H and O–H groups in total. The second-order valence-corrected chi connectivity index (χ2v) is 6.11. The number of likely N-dealkylation sites (N-methyl/N-ethyl adjacent to an activating group) is 2. The molecule has 0 aliphatic heterocycles. The average Bonchev–Trinajstić information content (AvgIpc) is 2.29. The SMILES string of the molecule is CCCN(CC)C1CCCC(C)(C)C1NCC. The summed E-state index contributed by atoms with van der Waals surface area (Å²) in [5, 5.41) is 3.76. The van der Waals surface area contributed by atoms with E-state index in [1.54, 1.807) is 0 Å². The highest BCUT2D eigenvalue weighted by Gasteiger charge is 2.40. The van der Waals surface area contributed by atoms with Crippen LogP contribution in [0.5, 0.6) is 0 Å². The first-order valence-corrected chi connectivity index (χ1v) is 7.54. The molecule has 17 heavy (non-hydrogen) atoms. The largest absolute Gasteiger partial charge is 0.312 e. The molecule has 0 radical (unpaired) electrons. The predicted molar refractivity (Wildman–Crippen MR) is 76.4 cm³/mol. The second kappa shape index (κ2) is 6.75. The summed E-state index contributed by atoms with van der Waals surface area (Å²) in [6, 6.07) is 1.40. The lowest BCUT2D eigenvalue weighted by Gasteiger charge is -2.48. The zero-order chi connectivity index (χ0) is 12.9. The van der Waals surface area contributed by atoms with Crippen molar-refractivity contribution in [3.05, 3.63) is 0 Å². The maximum Gasteiger partial charge on any atom is 0.0274 e. The van der Waals surface area contributed by atoms with Gasteiger partial charge in [-0.1, -0.05) is 41.0 Å². The molecule has 0 aromatic carbocycles. The molecule has 2 unspecified atom stereocenters. The molecular formula is C15H32N2. The molecule has 0 saturated heterocycles.